The van der Waals surface area contributed by atoms with Gasteiger partial charge in [0.05, 0.1) is 10.3 Å². The van der Waals surface area contributed by atoms with E-state index in [1.807, 2.05) is 26.0 Å². The molecule has 2 heterocycles. The summed E-state index contributed by atoms with van der Waals surface area (Å²) in [5.41, 5.74) is -0.265. The first-order valence-corrected chi connectivity index (χ1v) is 15.9. The number of alkyl halides is 6. The van der Waals surface area contributed by atoms with Crippen LogP contribution in [0, 0.1) is 5.41 Å². The minimum atomic E-state index is -4.54. The predicted octanol–water partition coefficient (Wildman–Crippen LogP) is 8.25. The molecule has 45 heavy (non-hydrogen) atoms. The van der Waals surface area contributed by atoms with Crippen molar-refractivity contribution in [2.75, 3.05) is 16.6 Å². The van der Waals surface area contributed by atoms with Crippen LogP contribution < -0.4 is 14.8 Å². The summed E-state index contributed by atoms with van der Waals surface area (Å²) < 4.78 is 115. The number of thiazole rings is 1. The molecule has 0 saturated carbocycles. The molecule has 4 aromatic rings. The van der Waals surface area contributed by atoms with Gasteiger partial charge in [0.15, 0.2) is 5.13 Å². The maximum absolute atomic E-state index is 13.3. The Morgan fingerprint density at radius 2 is 1.67 bits per heavy atom. The molecule has 0 saturated heterocycles. The number of anilines is 2. The molecule has 0 aliphatic rings. The quantitative estimate of drug-likeness (QED) is 0.156. The first-order chi connectivity index (χ1) is 20.8. The first-order valence-electron chi connectivity index (χ1n) is 13.6. The highest BCUT2D eigenvalue weighted by molar-refractivity contribution is 7.93. The van der Waals surface area contributed by atoms with Crippen molar-refractivity contribution in [3.05, 3.63) is 66.4 Å². The lowest BCUT2D eigenvalue weighted by Crippen LogP contribution is -2.37. The van der Waals surface area contributed by atoms with E-state index in [-0.39, 0.29) is 27.5 Å². The van der Waals surface area contributed by atoms with Gasteiger partial charge in [-0.25, -0.2) is 18.1 Å². The highest BCUT2D eigenvalue weighted by Gasteiger charge is 2.48. The third kappa shape index (κ3) is 7.90. The van der Waals surface area contributed by atoms with E-state index in [9.17, 15) is 34.8 Å². The number of sulfonamides is 1. The van der Waals surface area contributed by atoms with Crippen molar-refractivity contribution in [2.45, 2.75) is 63.8 Å². The lowest BCUT2D eigenvalue weighted by molar-refractivity contribution is -0.219. The second-order valence-electron chi connectivity index (χ2n) is 11.2. The molecule has 2 N–H and O–H groups in total. The van der Waals surface area contributed by atoms with E-state index in [2.05, 4.69) is 20.1 Å². The van der Waals surface area contributed by atoms with Gasteiger partial charge in [-0.2, -0.15) is 26.3 Å². The summed E-state index contributed by atoms with van der Waals surface area (Å²) in [6.45, 7) is 6.19. The molecule has 0 fully saturated rings. The summed E-state index contributed by atoms with van der Waals surface area (Å²) >= 11 is 0.908. The van der Waals surface area contributed by atoms with Crippen LogP contribution in [0.5, 0.6) is 5.88 Å². The van der Waals surface area contributed by atoms with Crippen LogP contribution in [0.4, 0.5) is 37.2 Å². The lowest BCUT2D eigenvalue weighted by atomic mass is 9.94. The Bertz CT molecular complexity index is 1750. The van der Waals surface area contributed by atoms with Crippen molar-refractivity contribution in [1.29, 1.82) is 0 Å². The number of hydrogen-bond acceptors (Lipinski definition) is 7. The Hall–Kier alpha value is -3.79. The van der Waals surface area contributed by atoms with E-state index in [0.717, 1.165) is 43.7 Å². The monoisotopic (exact) mass is 675 g/mol. The molecule has 0 bridgehead atoms. The predicted molar refractivity (Wildman–Crippen MR) is 160 cm³/mol. The maximum atomic E-state index is 13.3. The average molecular weight is 676 g/mol. The molecule has 1 atom stereocenters. The van der Waals surface area contributed by atoms with Gasteiger partial charge in [0.25, 0.3) is 10.0 Å². The molecule has 0 spiro atoms. The van der Waals surface area contributed by atoms with Gasteiger partial charge in [0.2, 0.25) is 5.88 Å². The molecule has 0 amide bonds. The van der Waals surface area contributed by atoms with Crippen LogP contribution in [0.1, 0.15) is 46.1 Å². The highest BCUT2D eigenvalue weighted by atomic mass is 32.2. The molecule has 0 radical (unpaired) electrons. The molecule has 0 aliphatic heterocycles. The van der Waals surface area contributed by atoms with E-state index in [4.69, 9.17) is 4.74 Å². The highest BCUT2D eigenvalue weighted by Crippen LogP contribution is 2.40. The summed E-state index contributed by atoms with van der Waals surface area (Å²) in [6, 6.07) is 11.7. The summed E-state index contributed by atoms with van der Waals surface area (Å²) in [6.07, 6.45) is -7.58. The smallest absolute Gasteiger partial charge is 0.408 e. The number of aromatic nitrogens is 3. The van der Waals surface area contributed by atoms with Crippen molar-refractivity contribution in [3.8, 4) is 22.1 Å². The van der Waals surface area contributed by atoms with Gasteiger partial charge in [0, 0.05) is 23.5 Å². The van der Waals surface area contributed by atoms with Gasteiger partial charge in [-0.1, -0.05) is 55.5 Å². The minimum Gasteiger partial charge on any atom is -0.476 e. The zero-order valence-electron chi connectivity index (χ0n) is 24.8. The fourth-order valence-corrected chi connectivity index (χ4v) is 6.19. The lowest BCUT2D eigenvalue weighted by Gasteiger charge is -2.26. The van der Waals surface area contributed by atoms with E-state index in [0.29, 0.717) is 16.3 Å². The van der Waals surface area contributed by atoms with Crippen molar-refractivity contribution >= 4 is 32.2 Å². The van der Waals surface area contributed by atoms with Crippen molar-refractivity contribution in [1.82, 2.24) is 14.8 Å². The molecule has 244 valence electrons. The minimum absolute atomic E-state index is 0.0475. The van der Waals surface area contributed by atoms with Gasteiger partial charge < -0.3 is 10.1 Å². The number of ether oxygens (including phenoxy) is 1. The number of nitrogens with zero attached hydrogens (tertiary/aromatic N) is 3. The third-order valence-electron chi connectivity index (χ3n) is 6.81. The molecule has 2 aromatic carbocycles. The maximum Gasteiger partial charge on any atom is 0.408 e. The van der Waals surface area contributed by atoms with Crippen LogP contribution in [0.2, 0.25) is 0 Å². The molecule has 1 unspecified atom stereocenters. The van der Waals surface area contributed by atoms with Crippen LogP contribution in [0.3, 0.4) is 0 Å². The average Bonchev–Trinajstić information content (AvgIpc) is 3.58. The van der Waals surface area contributed by atoms with Crippen molar-refractivity contribution in [3.63, 3.8) is 0 Å². The Morgan fingerprint density at radius 3 is 2.31 bits per heavy atom. The van der Waals surface area contributed by atoms with Crippen LogP contribution >= 0.6 is 11.3 Å². The van der Waals surface area contributed by atoms with E-state index in [1.165, 1.54) is 35.1 Å². The number of halogens is 6. The van der Waals surface area contributed by atoms with E-state index in [1.54, 1.807) is 12.1 Å². The van der Waals surface area contributed by atoms with Crippen molar-refractivity contribution < 1.29 is 39.5 Å². The van der Waals surface area contributed by atoms with Gasteiger partial charge in [-0.15, -0.1) is 5.10 Å². The molecule has 2 aromatic heterocycles. The molecular weight excluding hydrogens is 644 g/mol. The number of hydrogen-bond donors (Lipinski definition) is 2. The molecule has 0 aliphatic carbocycles. The SMILES string of the molecule is CC(C)c1ccccc1-c1nc(NS(=O)(=O)c2cccc(NC(C)C(F)(F)F)c2)sc1-n1ccc(OCC(C)(C)C(F)(F)F)n1. The van der Waals surface area contributed by atoms with Gasteiger partial charge in [-0.05, 0) is 50.5 Å². The zero-order chi connectivity index (χ0) is 33.4. The topological polar surface area (TPSA) is 98.1 Å². The molecule has 4 rings (SSSR count). The van der Waals surface area contributed by atoms with Crippen LogP contribution in [0.15, 0.2) is 65.7 Å². The second kappa shape index (κ2) is 12.5. The summed E-state index contributed by atoms with van der Waals surface area (Å²) in [4.78, 5) is 4.25. The largest absolute Gasteiger partial charge is 0.476 e. The summed E-state index contributed by atoms with van der Waals surface area (Å²) in [5.74, 6) is -0.0327. The van der Waals surface area contributed by atoms with Crippen LogP contribution in [-0.4, -0.2) is 48.2 Å². The van der Waals surface area contributed by atoms with Crippen molar-refractivity contribution in [2.24, 2.45) is 5.41 Å². The number of benzene rings is 2. The Kier molecular flexibility index (Phi) is 9.50. The molecule has 16 heteroatoms. The fraction of sp³-hybridized carbons (Fsp3) is 0.379. The first kappa shape index (κ1) is 34.1. The molecule has 8 nitrogen and oxygen atoms in total. The Labute approximate surface area is 260 Å². The summed E-state index contributed by atoms with van der Waals surface area (Å²) in [7, 11) is -4.32. The number of rotatable bonds is 11. The van der Waals surface area contributed by atoms with Gasteiger partial charge in [0.1, 0.15) is 23.3 Å². The Balaban J connectivity index is 1.70. The van der Waals surface area contributed by atoms with E-state index < -0.39 is 40.4 Å². The van der Waals surface area contributed by atoms with Crippen LogP contribution in [-0.2, 0) is 10.0 Å². The normalized spacial score (nSPS) is 13.6. The standard InChI is InChI=1S/C29H31F6N5O3S2/c1-17(2)21-11-6-7-12-22(21)24-25(40-14-13-23(38-40)43-16-27(4,5)29(33,34)35)44-26(37-24)39-45(41,42)20-10-8-9-19(15-20)36-18(3)28(30,31)32/h6-15,17-18,36H,16H2,1-5H3,(H,37,39). The number of nitrogens with one attached hydrogen (secondary N) is 2. The fourth-order valence-electron chi connectivity index (χ4n) is 3.99. The third-order valence-corrected chi connectivity index (χ3v) is 9.23. The second-order valence-corrected chi connectivity index (χ2v) is 13.9. The Morgan fingerprint density at radius 1 is 0.978 bits per heavy atom. The van der Waals surface area contributed by atoms with Gasteiger partial charge in [-0.3, -0.25) is 4.72 Å². The van der Waals surface area contributed by atoms with Gasteiger partial charge >= 0.3 is 12.4 Å². The molecular formula is C29H31F6N5O3S2. The van der Waals surface area contributed by atoms with E-state index >= 15 is 0 Å². The summed E-state index contributed by atoms with van der Waals surface area (Å²) in [5, 5.41) is 6.79. The van der Waals surface area contributed by atoms with Crippen LogP contribution in [0.25, 0.3) is 16.3 Å². The zero-order valence-corrected chi connectivity index (χ0v) is 26.4.